The Balaban J connectivity index is 1.47. The monoisotopic (exact) mass is 296 g/mol. The summed E-state index contributed by atoms with van der Waals surface area (Å²) >= 11 is 0. The lowest BCUT2D eigenvalue weighted by molar-refractivity contribution is -0.108. The van der Waals surface area contributed by atoms with E-state index >= 15 is 0 Å². The molecule has 0 bridgehead atoms. The predicted molar refractivity (Wildman–Crippen MR) is 79.9 cm³/mol. The average Bonchev–Trinajstić information content (AvgIpc) is 2.93. The van der Waals surface area contributed by atoms with Crippen molar-refractivity contribution in [2.24, 2.45) is 17.3 Å². The molecule has 21 heavy (non-hydrogen) atoms. The molecule has 0 aromatic carbocycles. The number of urea groups is 1. The molecule has 3 rings (SSSR count). The van der Waals surface area contributed by atoms with Crippen LogP contribution in [0.15, 0.2) is 0 Å². The van der Waals surface area contributed by atoms with E-state index in [1.165, 1.54) is 0 Å². The van der Waals surface area contributed by atoms with E-state index < -0.39 is 0 Å². The second-order valence-corrected chi connectivity index (χ2v) is 7.56. The summed E-state index contributed by atoms with van der Waals surface area (Å²) in [7, 11) is 0. The third-order valence-corrected chi connectivity index (χ3v) is 5.83. The summed E-state index contributed by atoms with van der Waals surface area (Å²) in [6, 6.07) is 0.441. The zero-order valence-electron chi connectivity index (χ0n) is 13.1. The van der Waals surface area contributed by atoms with E-state index in [0.717, 1.165) is 38.7 Å². The number of amides is 2. The Kier molecular flexibility index (Phi) is 4.14. The molecule has 2 amide bonds. The van der Waals surface area contributed by atoms with Gasteiger partial charge in [0.05, 0.1) is 6.10 Å². The number of aliphatic hydroxyl groups is 1. The van der Waals surface area contributed by atoms with Gasteiger partial charge in [-0.15, -0.1) is 0 Å². The summed E-state index contributed by atoms with van der Waals surface area (Å²) < 4.78 is 5.76. The standard InChI is InChI=1S/C16H28N2O3/c1-16(2)13(12-7-8-21-14(12)16)18-15(20)17-11-5-3-10(9-19)4-6-11/h10-14,19H,3-9H2,1-2H3,(H2,17,18,20). The van der Waals surface area contributed by atoms with Gasteiger partial charge in [0, 0.05) is 36.6 Å². The number of carbonyl (C=O) groups excluding carboxylic acids is 1. The zero-order chi connectivity index (χ0) is 15.0. The van der Waals surface area contributed by atoms with Crippen molar-refractivity contribution in [3.63, 3.8) is 0 Å². The first-order valence-corrected chi connectivity index (χ1v) is 8.32. The van der Waals surface area contributed by atoms with E-state index in [1.807, 2.05) is 0 Å². The normalized spacial score (nSPS) is 41.0. The smallest absolute Gasteiger partial charge is 0.315 e. The van der Waals surface area contributed by atoms with Gasteiger partial charge in [0.25, 0.3) is 0 Å². The summed E-state index contributed by atoms with van der Waals surface area (Å²) in [6.07, 6.45) is 5.33. The van der Waals surface area contributed by atoms with Crippen LogP contribution in [-0.2, 0) is 4.74 Å². The Bertz CT molecular complexity index is 391. The number of ether oxygens (including phenoxy) is 1. The maximum atomic E-state index is 12.2. The Hall–Kier alpha value is -0.810. The molecule has 1 heterocycles. The van der Waals surface area contributed by atoms with Crippen LogP contribution in [0, 0.1) is 17.3 Å². The fourth-order valence-electron chi connectivity index (χ4n) is 4.47. The molecule has 3 N–H and O–H groups in total. The van der Waals surface area contributed by atoms with Crippen LogP contribution in [0.3, 0.4) is 0 Å². The van der Waals surface area contributed by atoms with Gasteiger partial charge >= 0.3 is 6.03 Å². The molecule has 3 fully saturated rings. The molecule has 2 saturated carbocycles. The SMILES string of the molecule is CC1(C)C(NC(=O)NC2CCC(CO)CC2)C2CCOC21. The molecule has 2 aliphatic carbocycles. The molecule has 0 aromatic rings. The van der Waals surface area contributed by atoms with Crippen LogP contribution in [-0.4, -0.2) is 42.5 Å². The maximum Gasteiger partial charge on any atom is 0.315 e. The molecule has 1 saturated heterocycles. The van der Waals surface area contributed by atoms with Crippen LogP contribution in [0.4, 0.5) is 4.79 Å². The van der Waals surface area contributed by atoms with Gasteiger partial charge in [-0.3, -0.25) is 0 Å². The number of aliphatic hydroxyl groups excluding tert-OH is 1. The summed E-state index contributed by atoms with van der Waals surface area (Å²) in [6.45, 7) is 5.45. The summed E-state index contributed by atoms with van der Waals surface area (Å²) in [5, 5.41) is 15.4. The van der Waals surface area contributed by atoms with Crippen LogP contribution in [0.5, 0.6) is 0 Å². The Labute approximate surface area is 126 Å². The Morgan fingerprint density at radius 2 is 1.90 bits per heavy atom. The summed E-state index contributed by atoms with van der Waals surface area (Å²) in [4.78, 5) is 12.2. The number of fused-ring (bicyclic) bond motifs is 1. The highest BCUT2D eigenvalue weighted by Gasteiger charge is 2.59. The maximum absolute atomic E-state index is 12.2. The van der Waals surface area contributed by atoms with Crippen molar-refractivity contribution in [2.75, 3.05) is 13.2 Å². The van der Waals surface area contributed by atoms with Crippen LogP contribution in [0.1, 0.15) is 46.0 Å². The van der Waals surface area contributed by atoms with E-state index in [4.69, 9.17) is 9.84 Å². The van der Waals surface area contributed by atoms with Gasteiger partial charge in [-0.25, -0.2) is 4.79 Å². The molecule has 0 radical (unpaired) electrons. The van der Waals surface area contributed by atoms with Crippen molar-refractivity contribution in [1.82, 2.24) is 10.6 Å². The van der Waals surface area contributed by atoms with Gasteiger partial charge in [-0.1, -0.05) is 13.8 Å². The first-order valence-electron chi connectivity index (χ1n) is 8.32. The minimum absolute atomic E-state index is 0.0348. The fourth-order valence-corrected chi connectivity index (χ4v) is 4.47. The van der Waals surface area contributed by atoms with Crippen molar-refractivity contribution in [2.45, 2.75) is 64.1 Å². The lowest BCUT2D eigenvalue weighted by atomic mass is 9.57. The zero-order valence-corrected chi connectivity index (χ0v) is 13.1. The molecule has 3 aliphatic rings. The minimum atomic E-state index is -0.0362. The molecule has 0 spiro atoms. The highest BCUT2D eigenvalue weighted by atomic mass is 16.5. The van der Waals surface area contributed by atoms with Gasteiger partial charge in [0.15, 0.2) is 0 Å². The van der Waals surface area contributed by atoms with E-state index in [2.05, 4.69) is 24.5 Å². The third kappa shape index (κ3) is 2.78. The minimum Gasteiger partial charge on any atom is -0.396 e. The van der Waals surface area contributed by atoms with Gasteiger partial charge in [0.2, 0.25) is 0 Å². The quantitative estimate of drug-likeness (QED) is 0.741. The molecule has 120 valence electrons. The molecular formula is C16H28N2O3. The van der Waals surface area contributed by atoms with E-state index in [-0.39, 0.29) is 30.1 Å². The number of hydrogen-bond donors (Lipinski definition) is 3. The van der Waals surface area contributed by atoms with Gasteiger partial charge in [-0.2, -0.15) is 0 Å². The van der Waals surface area contributed by atoms with Crippen molar-refractivity contribution in [1.29, 1.82) is 0 Å². The lowest BCUT2D eigenvalue weighted by Crippen LogP contribution is -2.68. The van der Waals surface area contributed by atoms with E-state index in [9.17, 15) is 4.79 Å². The summed E-state index contributed by atoms with van der Waals surface area (Å²) in [5.41, 5.74) is 0.0348. The second kappa shape index (κ2) is 5.76. The lowest BCUT2D eigenvalue weighted by Gasteiger charge is -2.54. The highest BCUT2D eigenvalue weighted by molar-refractivity contribution is 5.75. The Morgan fingerprint density at radius 3 is 2.57 bits per heavy atom. The van der Waals surface area contributed by atoms with Crippen LogP contribution in [0.25, 0.3) is 0 Å². The molecule has 5 nitrogen and oxygen atoms in total. The second-order valence-electron chi connectivity index (χ2n) is 7.56. The first kappa shape index (κ1) is 15.1. The molecule has 1 aliphatic heterocycles. The first-order chi connectivity index (χ1) is 10.0. The van der Waals surface area contributed by atoms with E-state index in [1.54, 1.807) is 0 Å². The van der Waals surface area contributed by atoms with Crippen LogP contribution < -0.4 is 10.6 Å². The highest BCUT2D eigenvalue weighted by Crippen LogP contribution is 2.52. The van der Waals surface area contributed by atoms with Gasteiger partial charge in [-0.05, 0) is 38.0 Å². The predicted octanol–water partition coefficient (Wildman–Crippen LogP) is 1.65. The molecule has 3 atom stereocenters. The number of nitrogens with one attached hydrogen (secondary N) is 2. The Morgan fingerprint density at radius 1 is 1.19 bits per heavy atom. The third-order valence-electron chi connectivity index (χ3n) is 5.83. The van der Waals surface area contributed by atoms with Crippen LogP contribution in [0.2, 0.25) is 0 Å². The molecule has 0 aromatic heterocycles. The molecular weight excluding hydrogens is 268 g/mol. The fraction of sp³-hybridized carbons (Fsp3) is 0.938. The van der Waals surface area contributed by atoms with E-state index in [0.29, 0.717) is 17.9 Å². The topological polar surface area (TPSA) is 70.6 Å². The molecule has 5 heteroatoms. The summed E-state index contributed by atoms with van der Waals surface area (Å²) in [5.74, 6) is 0.906. The van der Waals surface area contributed by atoms with Crippen molar-refractivity contribution in [3.05, 3.63) is 0 Å². The van der Waals surface area contributed by atoms with Crippen molar-refractivity contribution < 1.29 is 14.6 Å². The van der Waals surface area contributed by atoms with Gasteiger partial charge in [0.1, 0.15) is 0 Å². The van der Waals surface area contributed by atoms with Gasteiger partial charge < -0.3 is 20.5 Å². The molecule has 3 unspecified atom stereocenters. The van der Waals surface area contributed by atoms with Crippen molar-refractivity contribution >= 4 is 6.03 Å². The number of rotatable bonds is 3. The average molecular weight is 296 g/mol. The number of carbonyl (C=O) groups is 1. The van der Waals surface area contributed by atoms with Crippen LogP contribution >= 0.6 is 0 Å². The number of hydrogen-bond acceptors (Lipinski definition) is 3. The van der Waals surface area contributed by atoms with Crippen molar-refractivity contribution in [3.8, 4) is 0 Å². The largest absolute Gasteiger partial charge is 0.396 e.